The number of halogens is 2. The monoisotopic (exact) mass is 333 g/mol. The van der Waals surface area contributed by atoms with E-state index in [1.54, 1.807) is 0 Å². The van der Waals surface area contributed by atoms with Gasteiger partial charge in [-0.05, 0) is 48.2 Å². The van der Waals surface area contributed by atoms with Crippen LogP contribution in [0.15, 0.2) is 19.7 Å². The SMILES string of the molecule is Cc1cc(Br)oc1-c1nc(C2(N)CCC2)no1.Cl. The summed E-state index contributed by atoms with van der Waals surface area (Å²) in [5, 5.41) is 3.95. The van der Waals surface area contributed by atoms with E-state index in [0.717, 1.165) is 24.8 Å². The second kappa shape index (κ2) is 4.68. The zero-order valence-electron chi connectivity index (χ0n) is 9.77. The number of furan rings is 1. The average molecular weight is 335 g/mol. The Morgan fingerprint density at radius 2 is 2.17 bits per heavy atom. The molecule has 0 bridgehead atoms. The summed E-state index contributed by atoms with van der Waals surface area (Å²) in [4.78, 5) is 4.33. The van der Waals surface area contributed by atoms with Crippen molar-refractivity contribution in [2.45, 2.75) is 31.7 Å². The topological polar surface area (TPSA) is 78.1 Å². The van der Waals surface area contributed by atoms with Crippen LogP contribution in [0.25, 0.3) is 11.7 Å². The Labute approximate surface area is 119 Å². The minimum atomic E-state index is -0.403. The van der Waals surface area contributed by atoms with Gasteiger partial charge in [0.25, 0.3) is 5.89 Å². The van der Waals surface area contributed by atoms with E-state index < -0.39 is 5.54 Å². The average Bonchev–Trinajstić information content (AvgIpc) is 2.81. The molecule has 0 unspecified atom stereocenters. The molecule has 0 spiro atoms. The maximum Gasteiger partial charge on any atom is 0.294 e. The Kier molecular flexibility index (Phi) is 3.53. The molecule has 0 saturated heterocycles. The lowest BCUT2D eigenvalue weighted by molar-refractivity contribution is 0.229. The highest BCUT2D eigenvalue weighted by molar-refractivity contribution is 9.10. The lowest BCUT2D eigenvalue weighted by Gasteiger charge is -2.34. The number of rotatable bonds is 2. The summed E-state index contributed by atoms with van der Waals surface area (Å²) >= 11 is 3.27. The van der Waals surface area contributed by atoms with Crippen LogP contribution in [0, 0.1) is 6.92 Å². The first-order valence-electron chi connectivity index (χ1n) is 5.48. The van der Waals surface area contributed by atoms with Crippen LogP contribution in [0.4, 0.5) is 0 Å². The minimum absolute atomic E-state index is 0. The van der Waals surface area contributed by atoms with Gasteiger partial charge in [0.05, 0.1) is 5.54 Å². The van der Waals surface area contributed by atoms with Crippen molar-refractivity contribution in [1.82, 2.24) is 10.1 Å². The fourth-order valence-corrected chi connectivity index (χ4v) is 2.46. The third kappa shape index (κ3) is 2.08. The Balaban J connectivity index is 0.00000120. The second-order valence-electron chi connectivity index (χ2n) is 4.50. The Hall–Kier alpha value is -0.850. The summed E-state index contributed by atoms with van der Waals surface area (Å²) in [7, 11) is 0. The largest absolute Gasteiger partial charge is 0.444 e. The number of hydrogen-bond acceptors (Lipinski definition) is 5. The molecule has 2 heterocycles. The summed E-state index contributed by atoms with van der Waals surface area (Å²) in [6, 6.07) is 1.86. The molecule has 98 valence electrons. The standard InChI is InChI=1S/C11H12BrN3O2.ClH/c1-6-5-7(12)16-8(6)9-14-10(15-17-9)11(13)3-2-4-11;/h5H,2-4,13H2,1H3;1H. The van der Waals surface area contributed by atoms with Crippen molar-refractivity contribution in [1.29, 1.82) is 0 Å². The van der Waals surface area contributed by atoms with Gasteiger partial charge >= 0.3 is 0 Å². The van der Waals surface area contributed by atoms with Crippen LogP contribution in [0.5, 0.6) is 0 Å². The summed E-state index contributed by atoms with van der Waals surface area (Å²) in [6.07, 6.45) is 2.94. The Bertz CT molecular complexity index is 562. The predicted octanol–water partition coefficient (Wildman–Crippen LogP) is 3.16. The molecule has 0 aliphatic heterocycles. The molecular formula is C11H13BrClN3O2. The Morgan fingerprint density at radius 3 is 2.67 bits per heavy atom. The van der Waals surface area contributed by atoms with Crippen molar-refractivity contribution in [3.63, 3.8) is 0 Å². The van der Waals surface area contributed by atoms with Gasteiger partial charge in [0.1, 0.15) is 0 Å². The third-order valence-corrected chi connectivity index (χ3v) is 3.59. The lowest BCUT2D eigenvalue weighted by Crippen LogP contribution is -2.44. The van der Waals surface area contributed by atoms with Crippen molar-refractivity contribution >= 4 is 28.3 Å². The molecule has 2 aromatic heterocycles. The van der Waals surface area contributed by atoms with Crippen LogP contribution in [-0.4, -0.2) is 10.1 Å². The first-order valence-corrected chi connectivity index (χ1v) is 6.27. The fraction of sp³-hybridized carbons (Fsp3) is 0.455. The number of aromatic nitrogens is 2. The summed E-state index contributed by atoms with van der Waals surface area (Å²) in [5.41, 5.74) is 6.68. The zero-order chi connectivity index (χ0) is 12.0. The van der Waals surface area contributed by atoms with Crippen LogP contribution in [0.2, 0.25) is 0 Å². The second-order valence-corrected chi connectivity index (χ2v) is 5.28. The van der Waals surface area contributed by atoms with Crippen LogP contribution in [-0.2, 0) is 5.54 Å². The van der Waals surface area contributed by atoms with E-state index in [1.165, 1.54) is 0 Å². The number of aryl methyl sites for hydroxylation is 1. The smallest absolute Gasteiger partial charge is 0.294 e. The van der Waals surface area contributed by atoms with Gasteiger partial charge in [-0.1, -0.05) is 5.16 Å². The molecule has 3 rings (SSSR count). The molecular weight excluding hydrogens is 321 g/mol. The molecule has 0 amide bonds. The van der Waals surface area contributed by atoms with E-state index in [9.17, 15) is 0 Å². The highest BCUT2D eigenvalue weighted by Crippen LogP contribution is 2.38. The van der Waals surface area contributed by atoms with E-state index in [2.05, 4.69) is 26.1 Å². The van der Waals surface area contributed by atoms with E-state index in [1.807, 2.05) is 13.0 Å². The number of hydrogen-bond donors (Lipinski definition) is 1. The van der Waals surface area contributed by atoms with E-state index in [-0.39, 0.29) is 12.4 Å². The highest BCUT2D eigenvalue weighted by atomic mass is 79.9. The van der Waals surface area contributed by atoms with Gasteiger partial charge in [-0.15, -0.1) is 12.4 Å². The number of nitrogens with zero attached hydrogens (tertiary/aromatic N) is 2. The highest BCUT2D eigenvalue weighted by Gasteiger charge is 2.39. The van der Waals surface area contributed by atoms with Gasteiger partial charge in [-0.25, -0.2) is 0 Å². The lowest BCUT2D eigenvalue weighted by atomic mass is 9.77. The van der Waals surface area contributed by atoms with E-state index in [4.69, 9.17) is 14.7 Å². The first-order chi connectivity index (χ1) is 8.08. The molecule has 1 saturated carbocycles. The molecule has 2 aromatic rings. The molecule has 18 heavy (non-hydrogen) atoms. The normalized spacial score (nSPS) is 17.1. The van der Waals surface area contributed by atoms with Crippen molar-refractivity contribution in [2.24, 2.45) is 5.73 Å². The fourth-order valence-electron chi connectivity index (χ4n) is 1.95. The molecule has 7 heteroatoms. The molecule has 0 radical (unpaired) electrons. The zero-order valence-corrected chi connectivity index (χ0v) is 12.2. The van der Waals surface area contributed by atoms with Gasteiger partial charge < -0.3 is 14.7 Å². The summed E-state index contributed by atoms with van der Waals surface area (Å²) in [5.74, 6) is 1.56. The molecule has 1 fully saturated rings. The van der Waals surface area contributed by atoms with Crippen molar-refractivity contribution in [2.75, 3.05) is 0 Å². The van der Waals surface area contributed by atoms with Gasteiger partial charge in [0, 0.05) is 5.56 Å². The predicted molar refractivity (Wildman–Crippen MR) is 71.4 cm³/mol. The van der Waals surface area contributed by atoms with Gasteiger partial charge in [-0.2, -0.15) is 4.98 Å². The molecule has 5 nitrogen and oxygen atoms in total. The summed E-state index contributed by atoms with van der Waals surface area (Å²) in [6.45, 7) is 1.93. The summed E-state index contributed by atoms with van der Waals surface area (Å²) < 4.78 is 11.3. The van der Waals surface area contributed by atoms with Crippen molar-refractivity contribution in [3.05, 3.63) is 22.1 Å². The quantitative estimate of drug-likeness (QED) is 0.912. The Morgan fingerprint density at radius 1 is 1.44 bits per heavy atom. The van der Waals surface area contributed by atoms with E-state index in [0.29, 0.717) is 22.1 Å². The maximum atomic E-state index is 6.13. The maximum absolute atomic E-state index is 6.13. The van der Waals surface area contributed by atoms with Gasteiger partial charge in [0.2, 0.25) is 0 Å². The molecule has 0 atom stereocenters. The molecule has 1 aliphatic rings. The first kappa shape index (κ1) is 13.6. The van der Waals surface area contributed by atoms with Crippen molar-refractivity contribution in [3.8, 4) is 11.7 Å². The van der Waals surface area contributed by atoms with Crippen LogP contribution in [0.1, 0.15) is 30.7 Å². The minimum Gasteiger partial charge on any atom is -0.444 e. The van der Waals surface area contributed by atoms with Crippen LogP contribution in [0.3, 0.4) is 0 Å². The molecule has 1 aliphatic carbocycles. The van der Waals surface area contributed by atoms with Crippen LogP contribution >= 0.6 is 28.3 Å². The van der Waals surface area contributed by atoms with Crippen molar-refractivity contribution < 1.29 is 8.94 Å². The van der Waals surface area contributed by atoms with Gasteiger partial charge in [0.15, 0.2) is 16.3 Å². The third-order valence-electron chi connectivity index (χ3n) is 3.20. The molecule has 2 N–H and O–H groups in total. The van der Waals surface area contributed by atoms with E-state index >= 15 is 0 Å². The molecule has 0 aromatic carbocycles. The van der Waals surface area contributed by atoms with Gasteiger partial charge in [-0.3, -0.25) is 0 Å². The van der Waals surface area contributed by atoms with Crippen LogP contribution < -0.4 is 5.73 Å². The number of nitrogens with two attached hydrogens (primary N) is 1.